The Hall–Kier alpha value is -2.23. The van der Waals surface area contributed by atoms with Crippen molar-refractivity contribution < 1.29 is 23.3 Å². The van der Waals surface area contributed by atoms with Crippen LogP contribution in [0.3, 0.4) is 0 Å². The number of benzene rings is 1. The Morgan fingerprint density at radius 2 is 1.63 bits per heavy atom. The molecule has 0 radical (unpaired) electrons. The van der Waals surface area contributed by atoms with Crippen LogP contribution in [0.1, 0.15) is 84.6 Å². The number of halogens is 1. The zero-order chi connectivity index (χ0) is 29.2. The first-order valence-corrected chi connectivity index (χ1v) is 15.6. The van der Waals surface area contributed by atoms with Gasteiger partial charge in [-0.25, -0.2) is 0 Å². The normalized spacial score (nSPS) is 28.6. The van der Waals surface area contributed by atoms with Crippen molar-refractivity contribution in [2.75, 3.05) is 37.8 Å². The number of hydrogen-bond acceptors (Lipinski definition) is 5. The summed E-state index contributed by atoms with van der Waals surface area (Å²) in [5.41, 5.74) is 1.71. The Kier molecular flexibility index (Phi) is 7.39. The van der Waals surface area contributed by atoms with Crippen LogP contribution in [0.15, 0.2) is 30.4 Å². The molecule has 0 unspecified atom stereocenters. The molecule has 4 fully saturated rings. The van der Waals surface area contributed by atoms with Gasteiger partial charge in [0.1, 0.15) is 0 Å². The van der Waals surface area contributed by atoms with Crippen molar-refractivity contribution in [3.63, 3.8) is 0 Å². The highest BCUT2D eigenvalue weighted by molar-refractivity contribution is 6.62. The van der Waals surface area contributed by atoms with Crippen molar-refractivity contribution in [3.8, 4) is 0 Å². The largest absolute Gasteiger partial charge is 0.494 e. The molecule has 222 valence electrons. The number of rotatable bonds is 6. The van der Waals surface area contributed by atoms with E-state index in [1.165, 1.54) is 19.3 Å². The first kappa shape index (κ1) is 28.9. The van der Waals surface area contributed by atoms with Crippen LogP contribution in [0.2, 0.25) is 0 Å². The Bertz CT molecular complexity index is 1200. The van der Waals surface area contributed by atoms with Crippen molar-refractivity contribution in [3.05, 3.63) is 35.9 Å². The molecule has 1 aliphatic carbocycles. The van der Waals surface area contributed by atoms with Crippen molar-refractivity contribution >= 4 is 30.1 Å². The van der Waals surface area contributed by atoms with Gasteiger partial charge >= 0.3 is 7.12 Å². The minimum atomic E-state index is -0.655. The SMILES string of the molecule is C=C(CCF)C(=O)N1CCC2(CC1)C(=O)N([C@H]1C[C@@H](N3CCCCC3)C1)c1cc(B3OC(C)(C)C(C)(C)O3)ccc12. The fraction of sp³-hybridized carbons (Fsp3) is 0.688. The van der Waals surface area contributed by atoms with E-state index >= 15 is 0 Å². The van der Waals surface area contributed by atoms with Gasteiger partial charge in [0.25, 0.3) is 0 Å². The molecule has 3 saturated heterocycles. The maximum atomic E-state index is 14.5. The van der Waals surface area contributed by atoms with E-state index in [1.54, 1.807) is 4.90 Å². The van der Waals surface area contributed by atoms with Gasteiger partial charge in [0.15, 0.2) is 0 Å². The smallest absolute Gasteiger partial charge is 0.399 e. The molecule has 4 heterocycles. The number of fused-ring (bicyclic) bond motifs is 2. The van der Waals surface area contributed by atoms with Crippen LogP contribution >= 0.6 is 0 Å². The summed E-state index contributed by atoms with van der Waals surface area (Å²) >= 11 is 0. The second kappa shape index (κ2) is 10.5. The lowest BCUT2D eigenvalue weighted by Crippen LogP contribution is -2.58. The number of carbonyl (C=O) groups excluding carboxylic acids is 2. The van der Waals surface area contributed by atoms with E-state index < -0.39 is 30.4 Å². The predicted octanol–water partition coefficient (Wildman–Crippen LogP) is 4.13. The second-order valence-corrected chi connectivity index (χ2v) is 13.8. The number of hydrogen-bond donors (Lipinski definition) is 0. The predicted molar refractivity (Wildman–Crippen MR) is 159 cm³/mol. The van der Waals surface area contributed by atoms with Crippen LogP contribution in [0.25, 0.3) is 0 Å². The van der Waals surface area contributed by atoms with Gasteiger partial charge in [-0.3, -0.25) is 14.0 Å². The standard InChI is InChI=1S/C32H45BFN3O4/c1-22(11-14-34)28(38)36-17-12-32(13-18-36)26-10-9-23(33-40-30(2,3)31(4,5)41-33)19-27(26)37(29(32)39)25-20-24(21-25)35-15-7-6-8-16-35/h9-10,19,24-25H,1,6-8,11-18,20-21H2,2-5H3/t24-,25+. The van der Waals surface area contributed by atoms with Gasteiger partial charge in [-0.15, -0.1) is 0 Å². The molecule has 0 bridgehead atoms. The molecule has 6 rings (SSSR count). The molecule has 1 aromatic rings. The molecule has 2 amide bonds. The molecule has 7 nitrogen and oxygen atoms in total. The van der Waals surface area contributed by atoms with Gasteiger partial charge in [-0.05, 0) is 96.4 Å². The molecule has 1 aromatic carbocycles. The number of anilines is 1. The summed E-state index contributed by atoms with van der Waals surface area (Å²) in [5, 5.41) is 0. The van der Waals surface area contributed by atoms with E-state index in [4.69, 9.17) is 9.31 Å². The lowest BCUT2D eigenvalue weighted by Gasteiger charge is -2.48. The van der Waals surface area contributed by atoms with Gasteiger partial charge in [0, 0.05) is 42.9 Å². The van der Waals surface area contributed by atoms with Crippen molar-refractivity contribution in [1.82, 2.24) is 9.80 Å². The summed E-state index contributed by atoms with van der Waals surface area (Å²) in [6.45, 7) is 14.7. The summed E-state index contributed by atoms with van der Waals surface area (Å²) in [6.07, 6.45) is 7.00. The van der Waals surface area contributed by atoms with E-state index in [1.807, 2.05) is 0 Å². The van der Waals surface area contributed by atoms with Crippen molar-refractivity contribution in [1.29, 1.82) is 0 Å². The van der Waals surface area contributed by atoms with Crippen LogP contribution in [-0.2, 0) is 24.3 Å². The molecule has 1 spiro atoms. The lowest BCUT2D eigenvalue weighted by atomic mass is 9.71. The van der Waals surface area contributed by atoms with E-state index in [2.05, 4.69) is 62.3 Å². The lowest BCUT2D eigenvalue weighted by molar-refractivity contribution is -0.133. The minimum Gasteiger partial charge on any atom is -0.399 e. The van der Waals surface area contributed by atoms with Gasteiger partial charge in [0.05, 0.1) is 23.3 Å². The molecule has 9 heteroatoms. The highest BCUT2D eigenvalue weighted by atomic mass is 19.1. The number of likely N-dealkylation sites (tertiary alicyclic amines) is 2. The van der Waals surface area contributed by atoms with Crippen LogP contribution in [-0.4, -0.2) is 84.9 Å². The fourth-order valence-electron chi connectivity index (χ4n) is 7.47. The maximum Gasteiger partial charge on any atom is 0.494 e. The van der Waals surface area contributed by atoms with Gasteiger partial charge in [0.2, 0.25) is 11.8 Å². The quantitative estimate of drug-likeness (QED) is 0.384. The Morgan fingerprint density at radius 3 is 2.24 bits per heavy atom. The van der Waals surface area contributed by atoms with Crippen LogP contribution < -0.4 is 10.4 Å². The number of piperidine rings is 2. The van der Waals surface area contributed by atoms with Crippen LogP contribution in [0.4, 0.5) is 10.1 Å². The van der Waals surface area contributed by atoms with Gasteiger partial charge in [-0.1, -0.05) is 25.1 Å². The monoisotopic (exact) mass is 565 g/mol. The zero-order valence-electron chi connectivity index (χ0n) is 25.2. The summed E-state index contributed by atoms with van der Waals surface area (Å²) in [4.78, 5) is 33.8. The number of amides is 2. The number of nitrogens with zero attached hydrogens (tertiary/aromatic N) is 3. The Labute approximate surface area is 244 Å². The summed E-state index contributed by atoms with van der Waals surface area (Å²) in [7, 11) is -0.498. The van der Waals surface area contributed by atoms with E-state index in [0.29, 0.717) is 37.5 Å². The Balaban J connectivity index is 1.28. The molecule has 41 heavy (non-hydrogen) atoms. The number of alkyl halides is 1. The highest BCUT2D eigenvalue weighted by Gasteiger charge is 2.57. The van der Waals surface area contributed by atoms with E-state index in [-0.39, 0.29) is 24.3 Å². The van der Waals surface area contributed by atoms with Gasteiger partial charge in [-0.2, -0.15) is 0 Å². The van der Waals surface area contributed by atoms with E-state index in [9.17, 15) is 14.0 Å². The second-order valence-electron chi connectivity index (χ2n) is 13.8. The molecular weight excluding hydrogens is 520 g/mol. The molecule has 0 atom stereocenters. The fourth-order valence-corrected chi connectivity index (χ4v) is 7.47. The maximum absolute atomic E-state index is 14.5. The molecule has 0 aromatic heterocycles. The molecule has 4 aliphatic heterocycles. The van der Waals surface area contributed by atoms with Crippen molar-refractivity contribution in [2.45, 2.75) is 108 Å². The minimum absolute atomic E-state index is 0.0532. The molecule has 5 aliphatic rings. The molecular formula is C32H45BFN3O4. The summed E-state index contributed by atoms with van der Waals surface area (Å²) < 4.78 is 25.6. The third-order valence-electron chi connectivity index (χ3n) is 10.9. The highest BCUT2D eigenvalue weighted by Crippen LogP contribution is 2.51. The van der Waals surface area contributed by atoms with Crippen molar-refractivity contribution in [2.24, 2.45) is 0 Å². The van der Waals surface area contributed by atoms with E-state index in [0.717, 1.165) is 42.6 Å². The topological polar surface area (TPSA) is 62.3 Å². The summed E-state index contributed by atoms with van der Waals surface area (Å²) in [6, 6.07) is 7.00. The number of carbonyl (C=O) groups is 2. The Morgan fingerprint density at radius 1 is 1.00 bits per heavy atom. The average Bonchev–Trinajstić information content (AvgIpc) is 3.29. The average molecular weight is 566 g/mol. The summed E-state index contributed by atoms with van der Waals surface area (Å²) in [5.74, 6) is -0.0325. The van der Waals surface area contributed by atoms with Crippen LogP contribution in [0.5, 0.6) is 0 Å². The van der Waals surface area contributed by atoms with Gasteiger partial charge < -0.3 is 24.0 Å². The van der Waals surface area contributed by atoms with Crippen LogP contribution in [0, 0.1) is 0 Å². The first-order chi connectivity index (χ1) is 19.5. The molecule has 0 N–H and O–H groups in total. The third-order valence-corrected chi connectivity index (χ3v) is 10.9. The third kappa shape index (κ3) is 4.76. The zero-order valence-corrected chi connectivity index (χ0v) is 25.2. The molecule has 1 saturated carbocycles. The first-order valence-electron chi connectivity index (χ1n) is 15.6.